The summed E-state index contributed by atoms with van der Waals surface area (Å²) in [5, 5.41) is 3.65. The fourth-order valence-electron chi connectivity index (χ4n) is 2.73. The number of rotatable bonds is 7. The van der Waals surface area contributed by atoms with Crippen molar-refractivity contribution < 1.29 is 9.47 Å². The van der Waals surface area contributed by atoms with Crippen molar-refractivity contribution in [3.05, 3.63) is 29.8 Å². The van der Waals surface area contributed by atoms with Crippen LogP contribution in [0.1, 0.15) is 45.1 Å². The number of fused-ring (bicyclic) bond motifs is 1. The number of ether oxygens (including phenoxy) is 2. The normalized spacial score (nSPS) is 19.5. The van der Waals surface area contributed by atoms with Crippen LogP contribution in [-0.4, -0.2) is 31.9 Å². The predicted octanol–water partition coefficient (Wildman–Crippen LogP) is 3.35. The lowest BCUT2D eigenvalue weighted by Gasteiger charge is -2.33. The first-order chi connectivity index (χ1) is 9.72. The Morgan fingerprint density at radius 3 is 2.90 bits per heavy atom. The Kier molecular flexibility index (Phi) is 5.86. The summed E-state index contributed by atoms with van der Waals surface area (Å²) in [4.78, 5) is 0. The molecule has 1 aromatic rings. The SMILES string of the molecule is CCCNC(COC(C)C)C1CCOc2ccccc21. The molecule has 0 spiro atoms. The Hall–Kier alpha value is -1.06. The second kappa shape index (κ2) is 7.65. The maximum Gasteiger partial charge on any atom is 0.122 e. The molecule has 0 saturated heterocycles. The first-order valence-electron chi connectivity index (χ1n) is 7.79. The topological polar surface area (TPSA) is 30.5 Å². The van der Waals surface area contributed by atoms with Gasteiger partial charge in [-0.15, -0.1) is 0 Å². The van der Waals surface area contributed by atoms with Gasteiger partial charge in [0, 0.05) is 12.0 Å². The van der Waals surface area contributed by atoms with Crippen LogP contribution in [0.3, 0.4) is 0 Å². The van der Waals surface area contributed by atoms with E-state index in [2.05, 4.69) is 44.3 Å². The average molecular weight is 277 g/mol. The summed E-state index contributed by atoms with van der Waals surface area (Å²) in [5.41, 5.74) is 1.32. The van der Waals surface area contributed by atoms with Crippen molar-refractivity contribution in [1.82, 2.24) is 5.32 Å². The molecule has 0 bridgehead atoms. The van der Waals surface area contributed by atoms with Gasteiger partial charge in [0.05, 0.1) is 19.3 Å². The highest BCUT2D eigenvalue weighted by molar-refractivity contribution is 5.38. The minimum Gasteiger partial charge on any atom is -0.493 e. The first kappa shape index (κ1) is 15.3. The van der Waals surface area contributed by atoms with Gasteiger partial charge in [-0.3, -0.25) is 0 Å². The second-order valence-electron chi connectivity index (χ2n) is 5.72. The molecule has 3 heteroatoms. The van der Waals surface area contributed by atoms with Crippen LogP contribution in [0, 0.1) is 0 Å². The molecule has 0 amide bonds. The monoisotopic (exact) mass is 277 g/mol. The smallest absolute Gasteiger partial charge is 0.122 e. The number of hydrogen-bond donors (Lipinski definition) is 1. The molecule has 0 aliphatic carbocycles. The van der Waals surface area contributed by atoms with Gasteiger partial charge in [0.2, 0.25) is 0 Å². The van der Waals surface area contributed by atoms with Crippen LogP contribution < -0.4 is 10.1 Å². The van der Waals surface area contributed by atoms with E-state index in [4.69, 9.17) is 9.47 Å². The fourth-order valence-corrected chi connectivity index (χ4v) is 2.73. The third-order valence-electron chi connectivity index (χ3n) is 3.76. The van der Waals surface area contributed by atoms with Crippen LogP contribution in [0.4, 0.5) is 0 Å². The Bertz CT molecular complexity index is 406. The molecule has 20 heavy (non-hydrogen) atoms. The van der Waals surface area contributed by atoms with E-state index in [0.717, 1.165) is 38.3 Å². The van der Waals surface area contributed by atoms with Gasteiger partial charge < -0.3 is 14.8 Å². The maximum atomic E-state index is 5.87. The summed E-state index contributed by atoms with van der Waals surface area (Å²) in [6, 6.07) is 8.76. The van der Waals surface area contributed by atoms with Gasteiger partial charge in [-0.2, -0.15) is 0 Å². The van der Waals surface area contributed by atoms with Crippen molar-refractivity contribution in [2.45, 2.75) is 51.7 Å². The van der Waals surface area contributed by atoms with E-state index in [1.807, 2.05) is 6.07 Å². The van der Waals surface area contributed by atoms with Crippen LogP contribution >= 0.6 is 0 Å². The highest BCUT2D eigenvalue weighted by Crippen LogP contribution is 2.35. The van der Waals surface area contributed by atoms with Gasteiger partial charge in [-0.05, 0) is 44.9 Å². The summed E-state index contributed by atoms with van der Waals surface area (Å²) >= 11 is 0. The maximum absolute atomic E-state index is 5.87. The van der Waals surface area contributed by atoms with E-state index in [-0.39, 0.29) is 6.10 Å². The van der Waals surface area contributed by atoms with Crippen molar-refractivity contribution in [1.29, 1.82) is 0 Å². The lowest BCUT2D eigenvalue weighted by molar-refractivity contribution is 0.0518. The zero-order valence-electron chi connectivity index (χ0n) is 12.9. The number of hydrogen-bond acceptors (Lipinski definition) is 3. The molecule has 0 fully saturated rings. The highest BCUT2D eigenvalue weighted by Gasteiger charge is 2.28. The summed E-state index contributed by atoms with van der Waals surface area (Å²) < 4.78 is 11.6. The molecule has 0 aromatic heterocycles. The van der Waals surface area contributed by atoms with Crippen LogP contribution in [-0.2, 0) is 4.74 Å². The number of benzene rings is 1. The predicted molar refractivity (Wildman–Crippen MR) is 82.5 cm³/mol. The third kappa shape index (κ3) is 3.97. The number of para-hydroxylation sites is 1. The van der Waals surface area contributed by atoms with Crippen LogP contribution in [0.15, 0.2) is 24.3 Å². The minimum atomic E-state index is 0.274. The van der Waals surface area contributed by atoms with Crippen molar-refractivity contribution in [2.75, 3.05) is 19.8 Å². The zero-order valence-corrected chi connectivity index (χ0v) is 12.9. The molecule has 1 aliphatic heterocycles. The Morgan fingerprint density at radius 2 is 2.15 bits per heavy atom. The Morgan fingerprint density at radius 1 is 1.35 bits per heavy atom. The van der Waals surface area contributed by atoms with E-state index >= 15 is 0 Å². The van der Waals surface area contributed by atoms with Gasteiger partial charge in [-0.25, -0.2) is 0 Å². The van der Waals surface area contributed by atoms with E-state index in [9.17, 15) is 0 Å². The highest BCUT2D eigenvalue weighted by atomic mass is 16.5. The lowest BCUT2D eigenvalue weighted by atomic mass is 9.86. The molecule has 0 radical (unpaired) electrons. The molecule has 1 aromatic carbocycles. The van der Waals surface area contributed by atoms with Gasteiger partial charge in [0.25, 0.3) is 0 Å². The number of nitrogens with one attached hydrogen (secondary N) is 1. The quantitative estimate of drug-likeness (QED) is 0.829. The van der Waals surface area contributed by atoms with Crippen molar-refractivity contribution in [2.24, 2.45) is 0 Å². The van der Waals surface area contributed by atoms with E-state index in [1.165, 1.54) is 5.56 Å². The van der Waals surface area contributed by atoms with Crippen molar-refractivity contribution >= 4 is 0 Å². The zero-order chi connectivity index (χ0) is 14.4. The van der Waals surface area contributed by atoms with Gasteiger partial charge in [-0.1, -0.05) is 25.1 Å². The standard InChI is InChI=1S/C17H27NO2/c1-4-10-18-16(12-20-13(2)3)14-9-11-19-17-8-6-5-7-15(14)17/h5-8,13-14,16,18H,4,9-12H2,1-3H3. The molecular formula is C17H27NO2. The molecule has 1 N–H and O–H groups in total. The molecule has 2 rings (SSSR count). The molecular weight excluding hydrogens is 250 g/mol. The molecule has 0 saturated carbocycles. The van der Waals surface area contributed by atoms with Crippen LogP contribution in [0.2, 0.25) is 0 Å². The van der Waals surface area contributed by atoms with E-state index in [1.54, 1.807) is 0 Å². The first-order valence-corrected chi connectivity index (χ1v) is 7.79. The molecule has 112 valence electrons. The molecule has 1 aliphatic rings. The molecule has 1 heterocycles. The second-order valence-corrected chi connectivity index (χ2v) is 5.72. The van der Waals surface area contributed by atoms with Crippen LogP contribution in [0.25, 0.3) is 0 Å². The summed E-state index contributed by atoms with van der Waals surface area (Å²) in [5.74, 6) is 1.52. The minimum absolute atomic E-state index is 0.274. The van der Waals surface area contributed by atoms with Gasteiger partial charge >= 0.3 is 0 Å². The van der Waals surface area contributed by atoms with Crippen LogP contribution in [0.5, 0.6) is 5.75 Å². The largest absolute Gasteiger partial charge is 0.493 e. The summed E-state index contributed by atoms with van der Waals surface area (Å²) in [7, 11) is 0. The van der Waals surface area contributed by atoms with E-state index < -0.39 is 0 Å². The Balaban J connectivity index is 2.11. The van der Waals surface area contributed by atoms with Crippen molar-refractivity contribution in [3.63, 3.8) is 0 Å². The summed E-state index contributed by atoms with van der Waals surface area (Å²) in [6.07, 6.45) is 2.47. The average Bonchev–Trinajstić information content (AvgIpc) is 2.47. The van der Waals surface area contributed by atoms with E-state index in [0.29, 0.717) is 12.0 Å². The Labute approximate surface area is 122 Å². The third-order valence-corrected chi connectivity index (χ3v) is 3.76. The lowest BCUT2D eigenvalue weighted by Crippen LogP contribution is -2.41. The fraction of sp³-hybridized carbons (Fsp3) is 0.647. The van der Waals surface area contributed by atoms with Gasteiger partial charge in [0.1, 0.15) is 5.75 Å². The molecule has 2 atom stereocenters. The molecule has 3 nitrogen and oxygen atoms in total. The van der Waals surface area contributed by atoms with Crippen molar-refractivity contribution in [3.8, 4) is 5.75 Å². The summed E-state index contributed by atoms with van der Waals surface area (Å²) in [6.45, 7) is 8.98. The molecule has 2 unspecified atom stereocenters. The van der Waals surface area contributed by atoms with Gasteiger partial charge in [0.15, 0.2) is 0 Å².